The lowest BCUT2D eigenvalue weighted by Gasteiger charge is -2.34. The molecule has 0 fully saturated rings. The minimum atomic E-state index is -0.148. The van der Waals surface area contributed by atoms with Crippen LogP contribution in [0.3, 0.4) is 0 Å². The lowest BCUT2D eigenvalue weighted by Crippen LogP contribution is -2.25. The summed E-state index contributed by atoms with van der Waals surface area (Å²) in [6.45, 7) is 23.1. The molecule has 4 heterocycles. The zero-order valence-corrected chi connectivity index (χ0v) is 31.1. The van der Waals surface area contributed by atoms with Crippen LogP contribution in [0.5, 0.6) is 0 Å². The van der Waals surface area contributed by atoms with Crippen LogP contribution in [0.1, 0.15) is 84.7 Å². The Hall–Kier alpha value is -4.61. The van der Waals surface area contributed by atoms with E-state index in [-0.39, 0.29) is 16.2 Å². The van der Waals surface area contributed by atoms with Gasteiger partial charge >= 0.3 is 0 Å². The van der Waals surface area contributed by atoms with Gasteiger partial charge < -0.3 is 0 Å². The van der Waals surface area contributed by atoms with E-state index < -0.39 is 0 Å². The van der Waals surface area contributed by atoms with Crippen LogP contribution in [0.15, 0.2) is 85.1 Å². The van der Waals surface area contributed by atoms with Crippen molar-refractivity contribution in [1.29, 1.82) is 0 Å². The van der Waals surface area contributed by atoms with Crippen LogP contribution in [-0.2, 0) is 16.2 Å². The Morgan fingerprint density at radius 3 is 2.02 bits per heavy atom. The van der Waals surface area contributed by atoms with Crippen LogP contribution in [0, 0.1) is 6.92 Å². The van der Waals surface area contributed by atoms with E-state index in [0.717, 1.165) is 49.2 Å². The third kappa shape index (κ3) is 5.04. The Balaban J connectivity index is 1.60. The highest BCUT2D eigenvalue weighted by Gasteiger charge is 2.33. The fourth-order valence-corrected chi connectivity index (χ4v) is 8.46. The number of hydrogen-bond donors (Lipinski definition) is 0. The second-order valence-electron chi connectivity index (χ2n) is 16.7. The Morgan fingerprint density at radius 2 is 1.33 bits per heavy atom. The highest BCUT2D eigenvalue weighted by molar-refractivity contribution is 7.26. The lowest BCUT2D eigenvalue weighted by molar-refractivity contribution is 0.544. The van der Waals surface area contributed by atoms with Crippen molar-refractivity contribution in [2.24, 2.45) is 0 Å². The predicted molar refractivity (Wildman–Crippen MR) is 211 cm³/mol. The molecule has 0 amide bonds. The normalized spacial score (nSPS) is 13.1. The number of rotatable bonds is 2. The zero-order valence-electron chi connectivity index (χ0n) is 30.3. The third-order valence-corrected chi connectivity index (χ3v) is 11.1. The molecular weight excluding hydrogens is 617 g/mol. The van der Waals surface area contributed by atoms with E-state index in [2.05, 4.69) is 153 Å². The summed E-state index contributed by atoms with van der Waals surface area (Å²) >= 11 is 1.76. The van der Waals surface area contributed by atoms with Crippen molar-refractivity contribution in [3.63, 3.8) is 0 Å². The maximum Gasteiger partial charge on any atom is 0.147 e. The number of hydrogen-bond acceptors (Lipinski definition) is 4. The van der Waals surface area contributed by atoms with Gasteiger partial charge in [-0.25, -0.2) is 9.97 Å². The first kappa shape index (κ1) is 31.6. The van der Waals surface area contributed by atoms with Crippen molar-refractivity contribution in [2.45, 2.75) is 85.5 Å². The maximum absolute atomic E-state index is 5.55. The fraction of sp³-hybridized carbons (Fsp3) is 0.295. The first-order valence-corrected chi connectivity index (χ1v) is 18.1. The molecule has 0 aliphatic rings. The summed E-state index contributed by atoms with van der Waals surface area (Å²) in [6, 6.07) is 28.8. The predicted octanol–water partition coefficient (Wildman–Crippen LogP) is 12.4. The highest BCUT2D eigenvalue weighted by Crippen LogP contribution is 2.47. The van der Waals surface area contributed by atoms with E-state index in [9.17, 15) is 0 Å². The van der Waals surface area contributed by atoms with Gasteiger partial charge in [0.05, 0.1) is 22.2 Å². The van der Waals surface area contributed by atoms with Gasteiger partial charge in [0.2, 0.25) is 0 Å². The van der Waals surface area contributed by atoms with E-state index in [1.54, 1.807) is 11.3 Å². The lowest BCUT2D eigenvalue weighted by atomic mass is 9.74. The van der Waals surface area contributed by atoms with Crippen molar-refractivity contribution in [1.82, 2.24) is 19.5 Å². The molecule has 0 saturated heterocycles. The average molecular weight is 661 g/mol. The van der Waals surface area contributed by atoms with E-state index >= 15 is 0 Å². The Kier molecular flexibility index (Phi) is 6.91. The van der Waals surface area contributed by atoms with Gasteiger partial charge in [0, 0.05) is 43.7 Å². The second kappa shape index (κ2) is 10.7. The SMILES string of the molecule is Cc1ccc2ccc3nc(-c4cccc5c4sc4ncc6ccccc6c45)n(-c4c(C(C)(C)C)cc(C(C)(C)C)cc4C(C)(C)C)c3c2n1. The number of pyridine rings is 2. The van der Waals surface area contributed by atoms with Crippen LogP contribution < -0.4 is 0 Å². The summed E-state index contributed by atoms with van der Waals surface area (Å²) in [5.41, 5.74) is 9.96. The van der Waals surface area contributed by atoms with Gasteiger partial charge in [-0.3, -0.25) is 9.55 Å². The molecule has 0 aliphatic heterocycles. The van der Waals surface area contributed by atoms with Gasteiger partial charge in [-0.2, -0.15) is 0 Å². The Morgan fingerprint density at radius 1 is 0.653 bits per heavy atom. The fourth-order valence-electron chi connectivity index (χ4n) is 7.29. The number of aryl methyl sites for hydroxylation is 1. The average Bonchev–Trinajstić information content (AvgIpc) is 3.62. The molecule has 8 aromatic rings. The largest absolute Gasteiger partial charge is 0.290 e. The third-order valence-electron chi connectivity index (χ3n) is 9.92. The minimum absolute atomic E-state index is 0.0117. The molecule has 4 aromatic heterocycles. The van der Waals surface area contributed by atoms with Gasteiger partial charge in [-0.1, -0.05) is 123 Å². The molecule has 5 heteroatoms. The van der Waals surface area contributed by atoms with E-state index in [1.807, 2.05) is 6.20 Å². The standard InChI is InChI=1S/C44H44N4S/c1-25-18-19-26-20-21-34-38(36(26)46-25)48(37-32(43(5,6)7)22-28(42(2,3)4)23-33(37)44(8,9)10)40(47-34)31-17-13-16-30-35-29-15-12-11-14-27(29)24-45-41(35)49-39(30)31/h11-24H,1-10H3. The number of fused-ring (bicyclic) bond motifs is 8. The molecular formula is C44H44N4S. The van der Waals surface area contributed by atoms with Crippen LogP contribution >= 0.6 is 11.3 Å². The van der Waals surface area contributed by atoms with Crippen LogP contribution in [0.2, 0.25) is 0 Å². The summed E-state index contributed by atoms with van der Waals surface area (Å²) < 4.78 is 3.68. The van der Waals surface area contributed by atoms with Crippen LogP contribution in [-0.4, -0.2) is 19.5 Å². The van der Waals surface area contributed by atoms with Crippen LogP contribution in [0.4, 0.5) is 0 Å². The molecule has 246 valence electrons. The molecule has 0 unspecified atom stereocenters. The molecule has 0 radical (unpaired) electrons. The summed E-state index contributed by atoms with van der Waals surface area (Å²) in [7, 11) is 0. The van der Waals surface area contributed by atoms with Gasteiger partial charge in [0.1, 0.15) is 10.7 Å². The Labute approximate surface area is 292 Å². The van der Waals surface area contributed by atoms with Crippen molar-refractivity contribution >= 4 is 64.3 Å². The summed E-state index contributed by atoms with van der Waals surface area (Å²) in [4.78, 5) is 16.8. The molecule has 4 aromatic carbocycles. The highest BCUT2D eigenvalue weighted by atomic mass is 32.1. The number of thiophene rings is 1. The summed E-state index contributed by atoms with van der Waals surface area (Å²) in [6.07, 6.45) is 2.00. The number of benzene rings is 4. The summed E-state index contributed by atoms with van der Waals surface area (Å²) in [5.74, 6) is 0.937. The second-order valence-corrected chi connectivity index (χ2v) is 17.7. The first-order valence-electron chi connectivity index (χ1n) is 17.3. The van der Waals surface area contributed by atoms with E-state index in [4.69, 9.17) is 15.0 Å². The molecule has 0 spiro atoms. The van der Waals surface area contributed by atoms with Gasteiger partial charge in [0.15, 0.2) is 0 Å². The number of aromatic nitrogens is 4. The van der Waals surface area contributed by atoms with Crippen molar-refractivity contribution in [2.75, 3.05) is 0 Å². The van der Waals surface area contributed by atoms with Crippen molar-refractivity contribution in [3.05, 3.63) is 107 Å². The van der Waals surface area contributed by atoms with E-state index in [0.29, 0.717) is 0 Å². The number of imidazole rings is 1. The van der Waals surface area contributed by atoms with E-state index in [1.165, 1.54) is 43.2 Å². The van der Waals surface area contributed by atoms with Crippen LogP contribution in [0.25, 0.3) is 70.1 Å². The van der Waals surface area contributed by atoms with Crippen molar-refractivity contribution in [3.8, 4) is 17.1 Å². The molecule has 0 aliphatic carbocycles. The first-order chi connectivity index (χ1) is 23.1. The summed E-state index contributed by atoms with van der Waals surface area (Å²) in [5, 5.41) is 5.93. The topological polar surface area (TPSA) is 43.6 Å². The van der Waals surface area contributed by atoms with Gasteiger partial charge in [0.25, 0.3) is 0 Å². The minimum Gasteiger partial charge on any atom is -0.290 e. The smallest absolute Gasteiger partial charge is 0.147 e. The Bertz CT molecular complexity index is 2580. The van der Waals surface area contributed by atoms with Gasteiger partial charge in [-0.15, -0.1) is 11.3 Å². The molecule has 0 saturated carbocycles. The monoisotopic (exact) mass is 660 g/mol. The number of nitrogens with zero attached hydrogens (tertiary/aromatic N) is 4. The molecule has 4 nitrogen and oxygen atoms in total. The van der Waals surface area contributed by atoms with Gasteiger partial charge in [-0.05, 0) is 63.4 Å². The molecule has 0 atom stereocenters. The quantitative estimate of drug-likeness (QED) is 0.185. The molecule has 49 heavy (non-hydrogen) atoms. The van der Waals surface area contributed by atoms with Crippen molar-refractivity contribution < 1.29 is 0 Å². The molecule has 0 bridgehead atoms. The zero-order chi connectivity index (χ0) is 34.6. The molecule has 0 N–H and O–H groups in total. The molecule has 8 rings (SSSR count). The maximum atomic E-state index is 5.55.